The average Bonchev–Trinajstić information content (AvgIpc) is 3.84. The van der Waals surface area contributed by atoms with Crippen molar-refractivity contribution in [3.05, 3.63) is 82.8 Å². The van der Waals surface area contributed by atoms with Crippen molar-refractivity contribution < 1.29 is 27.1 Å². The summed E-state index contributed by atoms with van der Waals surface area (Å²) in [6.45, 7) is 7.78. The standard InChI is InChI=1S/C31H29F2N5O5S/c1-4-25(40)36-13-14-37(18(3)16-36)29-20-15-22(33)27(26-21(32)8-6-9-23(26)39)34-30(20)38(31(41)35-29)28-17(2)7-5-10-24(28)44(42,43)19-11-12-19/h4-10,15,18-19,39H,1,11-14,16H2,2-3H3/t18-/m0/s1. The number of benzene rings is 2. The van der Waals surface area contributed by atoms with E-state index in [-0.39, 0.29) is 59.0 Å². The number of hydrogen-bond acceptors (Lipinski definition) is 8. The Morgan fingerprint density at radius 1 is 1.09 bits per heavy atom. The Morgan fingerprint density at radius 2 is 1.82 bits per heavy atom. The zero-order valence-corrected chi connectivity index (χ0v) is 24.8. The molecule has 0 radical (unpaired) electrons. The van der Waals surface area contributed by atoms with Crippen molar-refractivity contribution in [1.29, 1.82) is 0 Å². The van der Waals surface area contributed by atoms with Crippen LogP contribution in [0.1, 0.15) is 25.3 Å². The van der Waals surface area contributed by atoms with Crippen LogP contribution in [0.5, 0.6) is 5.75 Å². The summed E-state index contributed by atoms with van der Waals surface area (Å²) in [5.41, 5.74) is -1.68. The lowest BCUT2D eigenvalue weighted by Crippen LogP contribution is -2.54. The van der Waals surface area contributed by atoms with E-state index in [4.69, 9.17) is 0 Å². The number of aromatic nitrogens is 3. The second-order valence-corrected chi connectivity index (χ2v) is 13.3. The van der Waals surface area contributed by atoms with Gasteiger partial charge in [0.15, 0.2) is 21.3 Å². The number of fused-ring (bicyclic) bond motifs is 1. The average molecular weight is 622 g/mol. The summed E-state index contributed by atoms with van der Waals surface area (Å²) in [4.78, 5) is 38.3. The molecule has 2 aromatic carbocycles. The number of carbonyl (C=O) groups excluding carboxylic acids is 1. The number of aromatic hydroxyl groups is 1. The molecule has 0 unspecified atom stereocenters. The quantitative estimate of drug-likeness (QED) is 0.322. The van der Waals surface area contributed by atoms with E-state index < -0.39 is 49.4 Å². The Hall–Kier alpha value is -4.65. The number of amides is 1. The zero-order valence-electron chi connectivity index (χ0n) is 24.0. The van der Waals surface area contributed by atoms with Gasteiger partial charge < -0.3 is 14.9 Å². The summed E-state index contributed by atoms with van der Waals surface area (Å²) in [6.07, 6.45) is 2.19. The first-order chi connectivity index (χ1) is 20.9. The molecule has 1 aliphatic carbocycles. The fourth-order valence-electron chi connectivity index (χ4n) is 5.76. The summed E-state index contributed by atoms with van der Waals surface area (Å²) >= 11 is 0. The van der Waals surface area contributed by atoms with Gasteiger partial charge in [0.05, 0.1) is 26.8 Å². The minimum atomic E-state index is -3.84. The largest absolute Gasteiger partial charge is 0.507 e. The molecule has 1 saturated carbocycles. The molecule has 2 fully saturated rings. The summed E-state index contributed by atoms with van der Waals surface area (Å²) in [5, 5.41) is 9.95. The number of piperazine rings is 1. The molecule has 1 aliphatic heterocycles. The number of carbonyl (C=O) groups is 1. The number of pyridine rings is 1. The molecular weight excluding hydrogens is 592 g/mol. The number of anilines is 1. The SMILES string of the molecule is C=CC(=O)N1CCN(c2nc(=O)n(-c3c(C)cccc3S(=O)(=O)C3CC3)c3nc(-c4c(O)cccc4F)c(F)cc23)[C@@H](C)C1. The van der Waals surface area contributed by atoms with Crippen molar-refractivity contribution in [3.8, 4) is 22.7 Å². The second-order valence-electron chi connectivity index (χ2n) is 11.1. The molecule has 3 heterocycles. The van der Waals surface area contributed by atoms with E-state index in [1.54, 1.807) is 28.9 Å². The highest BCUT2D eigenvalue weighted by atomic mass is 32.2. The molecule has 4 aromatic rings. The summed E-state index contributed by atoms with van der Waals surface area (Å²) < 4.78 is 59.0. The first-order valence-corrected chi connectivity index (χ1v) is 15.6. The molecule has 13 heteroatoms. The van der Waals surface area contributed by atoms with Gasteiger partial charge in [-0.05, 0) is 62.6 Å². The van der Waals surface area contributed by atoms with Crippen molar-refractivity contribution in [3.63, 3.8) is 0 Å². The first kappa shape index (κ1) is 29.4. The van der Waals surface area contributed by atoms with Crippen LogP contribution in [0, 0.1) is 18.6 Å². The highest BCUT2D eigenvalue weighted by Gasteiger charge is 2.39. The molecule has 228 valence electrons. The van der Waals surface area contributed by atoms with Crippen LogP contribution in [0.3, 0.4) is 0 Å². The predicted molar refractivity (Wildman–Crippen MR) is 161 cm³/mol. The van der Waals surface area contributed by atoms with Crippen LogP contribution in [0.2, 0.25) is 0 Å². The summed E-state index contributed by atoms with van der Waals surface area (Å²) in [6, 6.07) is 8.80. The van der Waals surface area contributed by atoms with Gasteiger partial charge in [0.2, 0.25) is 5.91 Å². The van der Waals surface area contributed by atoms with Gasteiger partial charge in [0.1, 0.15) is 23.1 Å². The van der Waals surface area contributed by atoms with Crippen LogP contribution in [-0.4, -0.2) is 69.8 Å². The maximum atomic E-state index is 15.9. The molecule has 1 saturated heterocycles. The Labute approximate surface area is 251 Å². The number of sulfone groups is 1. The van der Waals surface area contributed by atoms with E-state index in [1.807, 2.05) is 6.92 Å². The van der Waals surface area contributed by atoms with Crippen molar-refractivity contribution in [2.75, 3.05) is 24.5 Å². The first-order valence-electron chi connectivity index (χ1n) is 14.1. The Kier molecular flexibility index (Phi) is 7.23. The van der Waals surface area contributed by atoms with Gasteiger partial charge in [0, 0.05) is 25.7 Å². The van der Waals surface area contributed by atoms with Gasteiger partial charge >= 0.3 is 5.69 Å². The molecule has 44 heavy (non-hydrogen) atoms. The number of phenols is 1. The number of phenolic OH excluding ortho intramolecular Hbond substituents is 1. The summed E-state index contributed by atoms with van der Waals surface area (Å²) in [7, 11) is -3.84. The Balaban J connectivity index is 1.66. The monoisotopic (exact) mass is 621 g/mol. The molecule has 2 aliphatic rings. The van der Waals surface area contributed by atoms with Crippen LogP contribution in [0.4, 0.5) is 14.6 Å². The third-order valence-electron chi connectivity index (χ3n) is 8.11. The van der Waals surface area contributed by atoms with E-state index in [0.717, 1.165) is 16.7 Å². The molecule has 1 N–H and O–H groups in total. The normalized spacial score (nSPS) is 17.2. The van der Waals surface area contributed by atoms with Gasteiger partial charge in [-0.1, -0.05) is 24.8 Å². The number of hydrogen-bond donors (Lipinski definition) is 1. The molecule has 0 spiro atoms. The molecule has 0 bridgehead atoms. The van der Waals surface area contributed by atoms with Crippen LogP contribution < -0.4 is 10.6 Å². The van der Waals surface area contributed by atoms with Crippen molar-refractivity contribution in [1.82, 2.24) is 19.4 Å². The van der Waals surface area contributed by atoms with Crippen LogP contribution >= 0.6 is 0 Å². The van der Waals surface area contributed by atoms with Crippen molar-refractivity contribution in [2.24, 2.45) is 0 Å². The van der Waals surface area contributed by atoms with E-state index in [0.29, 0.717) is 18.4 Å². The third-order valence-corrected chi connectivity index (χ3v) is 10.4. The number of aryl methyl sites for hydroxylation is 1. The lowest BCUT2D eigenvalue weighted by Gasteiger charge is -2.40. The summed E-state index contributed by atoms with van der Waals surface area (Å²) in [5.74, 6) is -2.67. The number of para-hydroxylation sites is 1. The lowest BCUT2D eigenvalue weighted by atomic mass is 10.1. The molecule has 6 rings (SSSR count). The van der Waals surface area contributed by atoms with Crippen LogP contribution in [0.25, 0.3) is 28.0 Å². The second kappa shape index (κ2) is 10.8. The number of nitrogens with zero attached hydrogens (tertiary/aromatic N) is 5. The minimum absolute atomic E-state index is 0.0192. The van der Waals surface area contributed by atoms with Gasteiger partial charge in [0.25, 0.3) is 0 Å². The smallest absolute Gasteiger partial charge is 0.355 e. The van der Waals surface area contributed by atoms with Gasteiger partial charge in [-0.2, -0.15) is 4.98 Å². The van der Waals surface area contributed by atoms with Gasteiger partial charge in [-0.15, -0.1) is 0 Å². The fourth-order valence-corrected chi connectivity index (χ4v) is 7.66. The Bertz CT molecular complexity index is 2010. The van der Waals surface area contributed by atoms with E-state index in [9.17, 15) is 27.5 Å². The lowest BCUT2D eigenvalue weighted by molar-refractivity contribution is -0.126. The van der Waals surface area contributed by atoms with Gasteiger partial charge in [-0.25, -0.2) is 31.5 Å². The maximum Gasteiger partial charge on any atom is 0.355 e. The Morgan fingerprint density at radius 3 is 2.48 bits per heavy atom. The highest BCUT2D eigenvalue weighted by Crippen LogP contribution is 2.39. The van der Waals surface area contributed by atoms with E-state index in [2.05, 4.69) is 16.5 Å². The van der Waals surface area contributed by atoms with E-state index >= 15 is 4.39 Å². The minimum Gasteiger partial charge on any atom is -0.507 e. The molecule has 2 aromatic heterocycles. The van der Waals surface area contributed by atoms with Crippen molar-refractivity contribution in [2.45, 2.75) is 42.9 Å². The number of halogens is 2. The highest BCUT2D eigenvalue weighted by molar-refractivity contribution is 7.92. The van der Waals surface area contributed by atoms with Crippen LogP contribution in [-0.2, 0) is 14.6 Å². The maximum absolute atomic E-state index is 15.9. The zero-order chi connectivity index (χ0) is 31.5. The fraction of sp³-hybridized carbons (Fsp3) is 0.290. The van der Waals surface area contributed by atoms with Gasteiger partial charge in [-0.3, -0.25) is 4.79 Å². The van der Waals surface area contributed by atoms with Crippen LogP contribution in [0.15, 0.2) is 64.8 Å². The molecule has 1 atom stereocenters. The molecule has 1 amide bonds. The molecular formula is C31H29F2N5O5S. The topological polar surface area (TPSA) is 126 Å². The number of rotatable bonds is 6. The third kappa shape index (κ3) is 4.80. The predicted octanol–water partition coefficient (Wildman–Crippen LogP) is 3.90. The van der Waals surface area contributed by atoms with E-state index in [1.165, 1.54) is 24.3 Å². The van der Waals surface area contributed by atoms with Crippen molar-refractivity contribution >= 4 is 32.6 Å². The molecule has 10 nitrogen and oxygen atoms in total.